The second-order valence-corrected chi connectivity index (χ2v) is 8.02. The number of halogens is 1. The number of aromatic nitrogens is 2. The molecule has 2 saturated carbocycles. The molecule has 28 heavy (non-hydrogen) atoms. The van der Waals surface area contributed by atoms with E-state index in [4.69, 9.17) is 5.73 Å². The molecule has 2 fully saturated rings. The van der Waals surface area contributed by atoms with Gasteiger partial charge in [-0.3, -0.25) is 4.79 Å². The minimum absolute atomic E-state index is 0.105. The number of hydrogen-bond donors (Lipinski definition) is 4. The first kappa shape index (κ1) is 17.4. The van der Waals surface area contributed by atoms with Gasteiger partial charge < -0.3 is 21.7 Å². The molecule has 146 valence electrons. The number of carbonyl (C=O) groups excluding carboxylic acids is 1. The lowest BCUT2D eigenvalue weighted by Gasteiger charge is -2.35. The molecule has 6 bridgehead atoms. The molecule has 5 rings (SSSR count). The molecule has 1 aromatic carbocycles. The summed E-state index contributed by atoms with van der Waals surface area (Å²) in [7, 11) is 0. The van der Waals surface area contributed by atoms with Crippen molar-refractivity contribution in [1.82, 2.24) is 15.3 Å². The standard InChI is InChI=1S/C20H23FN6O/c21-14-9-24-20-25-12-3-1-2-10(6-12)4-5-23-15-8-11-7-13(15)17(16(11)18(22)28)26-19(14)27-20/h1-3,6,9,11,13,15-17,23H,4-5,7-8H2,(H2,22,28)(H2,24,25,26,27)/t11-,13+,15?,16-,17+/m0/s1. The first-order valence-electron chi connectivity index (χ1n) is 9.76. The first-order valence-corrected chi connectivity index (χ1v) is 9.76. The van der Waals surface area contributed by atoms with Crippen LogP contribution >= 0.6 is 0 Å². The van der Waals surface area contributed by atoms with Crippen LogP contribution < -0.4 is 21.7 Å². The van der Waals surface area contributed by atoms with Gasteiger partial charge in [0, 0.05) is 17.8 Å². The third kappa shape index (κ3) is 2.97. The third-order valence-electron chi connectivity index (χ3n) is 6.38. The number of nitrogens with two attached hydrogens (primary N) is 1. The molecular weight excluding hydrogens is 359 g/mol. The molecule has 0 saturated heterocycles. The van der Waals surface area contributed by atoms with Crippen molar-refractivity contribution in [2.45, 2.75) is 31.3 Å². The van der Waals surface area contributed by atoms with E-state index in [1.165, 1.54) is 5.56 Å². The Balaban J connectivity index is 1.54. The van der Waals surface area contributed by atoms with Gasteiger partial charge in [-0.25, -0.2) is 9.37 Å². The van der Waals surface area contributed by atoms with E-state index in [1.807, 2.05) is 12.1 Å². The Morgan fingerprint density at radius 3 is 3.04 bits per heavy atom. The van der Waals surface area contributed by atoms with Crippen LogP contribution in [0.1, 0.15) is 18.4 Å². The summed E-state index contributed by atoms with van der Waals surface area (Å²) in [5.41, 5.74) is 7.75. The Morgan fingerprint density at radius 1 is 1.29 bits per heavy atom. The van der Waals surface area contributed by atoms with Crippen LogP contribution in [-0.4, -0.2) is 34.5 Å². The van der Waals surface area contributed by atoms with Crippen molar-refractivity contribution in [3.05, 3.63) is 41.8 Å². The molecule has 2 aromatic rings. The highest BCUT2D eigenvalue weighted by Gasteiger charge is 2.54. The van der Waals surface area contributed by atoms with E-state index in [2.05, 4.69) is 38.1 Å². The summed E-state index contributed by atoms with van der Waals surface area (Å²) in [5, 5.41) is 9.98. The van der Waals surface area contributed by atoms with Crippen LogP contribution in [0.3, 0.4) is 0 Å². The van der Waals surface area contributed by atoms with Crippen molar-refractivity contribution < 1.29 is 9.18 Å². The van der Waals surface area contributed by atoms with Gasteiger partial charge >= 0.3 is 0 Å². The molecule has 5 atom stereocenters. The third-order valence-corrected chi connectivity index (χ3v) is 6.38. The molecule has 2 aliphatic carbocycles. The molecule has 8 heteroatoms. The lowest BCUT2D eigenvalue weighted by molar-refractivity contribution is -0.123. The maximum absolute atomic E-state index is 14.4. The van der Waals surface area contributed by atoms with E-state index in [9.17, 15) is 9.18 Å². The largest absolute Gasteiger partial charge is 0.369 e. The van der Waals surface area contributed by atoms with Crippen LogP contribution in [0, 0.1) is 23.6 Å². The molecule has 1 aromatic heterocycles. The second-order valence-electron chi connectivity index (χ2n) is 8.02. The lowest BCUT2D eigenvalue weighted by atomic mass is 9.81. The first-order chi connectivity index (χ1) is 13.6. The van der Waals surface area contributed by atoms with Gasteiger partial charge in [-0.05, 0) is 55.3 Å². The van der Waals surface area contributed by atoms with E-state index in [1.54, 1.807) is 0 Å². The minimum Gasteiger partial charge on any atom is -0.369 e. The van der Waals surface area contributed by atoms with Gasteiger partial charge in [0.25, 0.3) is 0 Å². The predicted molar refractivity (Wildman–Crippen MR) is 104 cm³/mol. The number of amides is 1. The quantitative estimate of drug-likeness (QED) is 0.599. The number of hydrogen-bond acceptors (Lipinski definition) is 6. The Morgan fingerprint density at radius 2 is 2.18 bits per heavy atom. The van der Waals surface area contributed by atoms with E-state index >= 15 is 0 Å². The summed E-state index contributed by atoms with van der Waals surface area (Å²) >= 11 is 0. The van der Waals surface area contributed by atoms with Gasteiger partial charge in [0.05, 0.1) is 12.1 Å². The molecular formula is C20H23FN6O. The molecule has 1 unspecified atom stereocenters. The molecule has 1 amide bonds. The van der Waals surface area contributed by atoms with Crippen molar-refractivity contribution >= 4 is 23.4 Å². The van der Waals surface area contributed by atoms with E-state index in [0.717, 1.165) is 37.7 Å². The molecule has 5 N–H and O–H groups in total. The normalized spacial score (nSPS) is 30.8. The zero-order chi connectivity index (χ0) is 19.3. The number of fused-ring (bicyclic) bond motifs is 5. The van der Waals surface area contributed by atoms with Crippen molar-refractivity contribution in [2.24, 2.45) is 23.5 Å². The average molecular weight is 382 g/mol. The van der Waals surface area contributed by atoms with Crippen LogP contribution in [0.25, 0.3) is 0 Å². The number of primary amides is 1. The van der Waals surface area contributed by atoms with Crippen LogP contribution in [0.4, 0.5) is 21.8 Å². The van der Waals surface area contributed by atoms with Crippen molar-refractivity contribution in [3.8, 4) is 0 Å². The van der Waals surface area contributed by atoms with Gasteiger partial charge in [0.1, 0.15) is 0 Å². The van der Waals surface area contributed by atoms with Crippen LogP contribution in [-0.2, 0) is 11.2 Å². The Hall–Kier alpha value is -2.74. The molecule has 0 spiro atoms. The maximum atomic E-state index is 14.4. The molecule has 7 nitrogen and oxygen atoms in total. The smallest absolute Gasteiger partial charge is 0.229 e. The zero-order valence-corrected chi connectivity index (χ0v) is 15.4. The van der Waals surface area contributed by atoms with E-state index in [-0.39, 0.29) is 41.6 Å². The monoisotopic (exact) mass is 382 g/mol. The second kappa shape index (κ2) is 6.70. The highest BCUT2D eigenvalue weighted by molar-refractivity contribution is 5.79. The number of carbonyl (C=O) groups is 1. The van der Waals surface area contributed by atoms with E-state index < -0.39 is 5.82 Å². The number of rotatable bonds is 1. The number of nitrogens with zero attached hydrogens (tertiary/aromatic N) is 2. The van der Waals surface area contributed by atoms with Gasteiger partial charge in [0.2, 0.25) is 11.9 Å². The lowest BCUT2D eigenvalue weighted by Crippen LogP contribution is -2.50. The number of nitrogens with one attached hydrogen (secondary N) is 3. The fourth-order valence-electron chi connectivity index (χ4n) is 5.22. The minimum atomic E-state index is -0.540. The van der Waals surface area contributed by atoms with Crippen molar-refractivity contribution in [2.75, 3.05) is 17.2 Å². The van der Waals surface area contributed by atoms with Gasteiger partial charge in [-0.2, -0.15) is 4.98 Å². The molecule has 2 heterocycles. The number of anilines is 3. The SMILES string of the molecule is NC(=O)[C@H]1[C@@H]2CC3NCCc4cccc(c4)Nc4ncc(F)c(n4)N[C@@H]1[C@@H]3C2. The van der Waals surface area contributed by atoms with E-state index in [0.29, 0.717) is 5.95 Å². The molecule has 0 radical (unpaired) electrons. The Kier molecular flexibility index (Phi) is 4.16. The zero-order valence-electron chi connectivity index (χ0n) is 15.4. The fraction of sp³-hybridized carbons (Fsp3) is 0.450. The summed E-state index contributed by atoms with van der Waals surface area (Å²) in [6.45, 7) is 0.849. The van der Waals surface area contributed by atoms with Crippen LogP contribution in [0.5, 0.6) is 0 Å². The average Bonchev–Trinajstić information content (AvgIpc) is 3.22. The Bertz CT molecular complexity index is 921. The van der Waals surface area contributed by atoms with Crippen LogP contribution in [0.2, 0.25) is 0 Å². The Labute approximate surface area is 162 Å². The molecule has 1 aliphatic heterocycles. The van der Waals surface area contributed by atoms with Gasteiger partial charge in [-0.15, -0.1) is 0 Å². The van der Waals surface area contributed by atoms with Crippen LogP contribution in [0.15, 0.2) is 30.5 Å². The summed E-state index contributed by atoms with van der Waals surface area (Å²) in [5.74, 6) is -0.331. The molecule has 3 aliphatic rings. The van der Waals surface area contributed by atoms with Crippen molar-refractivity contribution in [3.63, 3.8) is 0 Å². The highest BCUT2D eigenvalue weighted by Crippen LogP contribution is 2.49. The van der Waals surface area contributed by atoms with Crippen molar-refractivity contribution in [1.29, 1.82) is 0 Å². The number of benzene rings is 1. The maximum Gasteiger partial charge on any atom is 0.229 e. The fourth-order valence-corrected chi connectivity index (χ4v) is 5.22. The predicted octanol–water partition coefficient (Wildman–Crippen LogP) is 1.80. The summed E-state index contributed by atoms with van der Waals surface area (Å²) in [6, 6.07) is 8.11. The highest BCUT2D eigenvalue weighted by atomic mass is 19.1. The summed E-state index contributed by atoms with van der Waals surface area (Å²) in [6.07, 6.45) is 3.89. The van der Waals surface area contributed by atoms with Gasteiger partial charge in [0.15, 0.2) is 11.6 Å². The topological polar surface area (TPSA) is 105 Å². The van der Waals surface area contributed by atoms with Gasteiger partial charge in [-0.1, -0.05) is 12.1 Å². The summed E-state index contributed by atoms with van der Waals surface area (Å²) < 4.78 is 14.4. The summed E-state index contributed by atoms with van der Waals surface area (Å²) in [4.78, 5) is 20.5.